The lowest BCUT2D eigenvalue weighted by atomic mass is 10.3. The van der Waals surface area contributed by atoms with E-state index in [-0.39, 0.29) is 17.8 Å². The fourth-order valence-electron chi connectivity index (χ4n) is 1.01. The molecule has 0 fully saturated rings. The summed E-state index contributed by atoms with van der Waals surface area (Å²) < 4.78 is 1.49. The molecule has 0 saturated carbocycles. The van der Waals surface area contributed by atoms with Crippen LogP contribution in [0.3, 0.4) is 0 Å². The minimum Gasteiger partial charge on any atom is -0.326 e. The zero-order valence-electron chi connectivity index (χ0n) is 7.63. The summed E-state index contributed by atoms with van der Waals surface area (Å²) in [6.07, 6.45) is 1.67. The van der Waals surface area contributed by atoms with Crippen molar-refractivity contribution in [3.05, 3.63) is 29.4 Å². The van der Waals surface area contributed by atoms with Crippen LogP contribution in [0.25, 0.3) is 0 Å². The summed E-state index contributed by atoms with van der Waals surface area (Å²) in [7, 11) is 0. The van der Waals surface area contributed by atoms with Crippen LogP contribution in [-0.2, 0) is 11.3 Å². The molecule has 0 bridgehead atoms. The summed E-state index contributed by atoms with van der Waals surface area (Å²) in [5.74, 6) is -0.310. The molecular weight excluding hydrogens is 223 g/mol. The Morgan fingerprint density at radius 3 is 2.79 bits per heavy atom. The quantitative estimate of drug-likeness (QED) is 0.792. The minimum absolute atomic E-state index is 0.0385. The van der Waals surface area contributed by atoms with Gasteiger partial charge in [-0.3, -0.25) is 10.2 Å². The number of pyridine rings is 1. The second-order valence-corrected chi connectivity index (χ2v) is 4.08. The maximum absolute atomic E-state index is 11.2. The van der Waals surface area contributed by atoms with E-state index in [1.54, 1.807) is 12.3 Å². The third-order valence-electron chi connectivity index (χ3n) is 1.76. The normalized spacial score (nSPS) is 10.6. The summed E-state index contributed by atoms with van der Waals surface area (Å²) >= 11 is 10.8. The Morgan fingerprint density at radius 2 is 2.29 bits per heavy atom. The molecule has 3 nitrogen and oxygen atoms in total. The van der Waals surface area contributed by atoms with Crippen LogP contribution in [-0.4, -0.2) is 15.2 Å². The van der Waals surface area contributed by atoms with Crippen LogP contribution < -0.4 is 5.49 Å². The number of aromatic nitrogens is 1. The molecule has 5 heteroatoms. The van der Waals surface area contributed by atoms with Gasteiger partial charge < -0.3 is 4.57 Å². The van der Waals surface area contributed by atoms with Crippen molar-refractivity contribution in [2.45, 2.75) is 18.3 Å². The molecule has 14 heavy (non-hydrogen) atoms. The van der Waals surface area contributed by atoms with E-state index < -0.39 is 4.84 Å². The van der Waals surface area contributed by atoms with Crippen molar-refractivity contribution >= 4 is 29.0 Å². The molecule has 0 atom stereocenters. The highest BCUT2D eigenvalue weighted by atomic mass is 35.5. The van der Waals surface area contributed by atoms with E-state index in [1.807, 2.05) is 13.0 Å². The van der Waals surface area contributed by atoms with Crippen molar-refractivity contribution in [3.8, 4) is 0 Å². The summed E-state index contributed by atoms with van der Waals surface area (Å²) in [4.78, 5) is 10.2. The molecule has 76 valence electrons. The molecule has 0 unspecified atom stereocenters. The summed E-state index contributed by atoms with van der Waals surface area (Å²) in [5, 5.41) is 7.57. The van der Waals surface area contributed by atoms with E-state index in [1.165, 1.54) is 4.57 Å². The van der Waals surface area contributed by atoms with Crippen LogP contribution in [0, 0.1) is 12.3 Å². The van der Waals surface area contributed by atoms with Crippen LogP contribution in [0.2, 0.25) is 0 Å². The third kappa shape index (κ3) is 2.86. The summed E-state index contributed by atoms with van der Waals surface area (Å²) in [6, 6.07) is 3.49. The summed E-state index contributed by atoms with van der Waals surface area (Å²) in [5.41, 5.74) is 1.25. The number of halogens is 2. The molecular formula is C9H10Cl2N2O. The van der Waals surface area contributed by atoms with Gasteiger partial charge in [-0.2, -0.15) is 0 Å². The highest BCUT2D eigenvalue weighted by molar-refractivity contribution is 6.53. The fourth-order valence-corrected chi connectivity index (χ4v) is 1.15. The van der Waals surface area contributed by atoms with Crippen molar-refractivity contribution in [3.63, 3.8) is 0 Å². The number of nitrogens with one attached hydrogen (secondary N) is 1. The minimum atomic E-state index is -1.02. The lowest BCUT2D eigenvalue weighted by Gasteiger charge is -2.06. The number of hydrogen-bond acceptors (Lipinski definition) is 2. The third-order valence-corrected chi connectivity index (χ3v) is 2.25. The van der Waals surface area contributed by atoms with Crippen LogP contribution >= 0.6 is 23.2 Å². The van der Waals surface area contributed by atoms with E-state index in [2.05, 4.69) is 0 Å². The highest BCUT2D eigenvalue weighted by Gasteiger charge is 2.11. The lowest BCUT2D eigenvalue weighted by Crippen LogP contribution is -2.25. The van der Waals surface area contributed by atoms with Crippen molar-refractivity contribution in [1.29, 1.82) is 5.41 Å². The molecule has 1 aromatic rings. The fraction of sp³-hybridized carbons (Fsp3) is 0.333. The van der Waals surface area contributed by atoms with E-state index in [0.717, 1.165) is 5.56 Å². The first kappa shape index (κ1) is 11.3. The van der Waals surface area contributed by atoms with Crippen molar-refractivity contribution in [1.82, 2.24) is 4.57 Å². The number of ketones is 1. The van der Waals surface area contributed by atoms with Gasteiger partial charge in [-0.05, 0) is 24.6 Å². The van der Waals surface area contributed by atoms with Gasteiger partial charge in [-0.1, -0.05) is 23.2 Å². The zero-order valence-corrected chi connectivity index (χ0v) is 9.14. The van der Waals surface area contributed by atoms with E-state index in [0.29, 0.717) is 0 Å². The first-order chi connectivity index (χ1) is 6.50. The number of carbonyl (C=O) groups is 1. The predicted molar refractivity (Wildman–Crippen MR) is 55.5 cm³/mol. The van der Waals surface area contributed by atoms with Crippen LogP contribution in [0.4, 0.5) is 0 Å². The first-order valence-electron chi connectivity index (χ1n) is 4.03. The Hall–Kier alpha value is -0.800. The Balaban J connectivity index is 2.88. The topological polar surface area (TPSA) is 45.9 Å². The Kier molecular flexibility index (Phi) is 3.72. The number of hydrogen-bond donors (Lipinski definition) is 1. The first-order valence-corrected chi connectivity index (χ1v) is 4.90. The molecule has 0 aliphatic carbocycles. The van der Waals surface area contributed by atoms with E-state index in [4.69, 9.17) is 28.6 Å². The number of nitrogens with zero attached hydrogens (tertiary/aromatic N) is 1. The molecule has 0 saturated heterocycles. The number of carbonyl (C=O) groups excluding carboxylic acids is 1. The van der Waals surface area contributed by atoms with E-state index in [9.17, 15) is 4.79 Å². The molecule has 1 heterocycles. The molecule has 0 spiro atoms. The van der Waals surface area contributed by atoms with Gasteiger partial charge in [0.05, 0.1) is 6.54 Å². The number of Topliss-reactive ketones (excluding diaryl/α,β-unsaturated/α-hetero) is 1. The summed E-state index contributed by atoms with van der Waals surface area (Å²) in [6.45, 7) is 1.92. The predicted octanol–water partition coefficient (Wildman–Crippen LogP) is 1.65. The van der Waals surface area contributed by atoms with Gasteiger partial charge in [0.1, 0.15) is 5.49 Å². The Bertz CT molecular complexity index is 398. The zero-order chi connectivity index (χ0) is 10.7. The molecule has 0 amide bonds. The van der Waals surface area contributed by atoms with Crippen LogP contribution in [0.1, 0.15) is 5.56 Å². The smallest absolute Gasteiger partial charge is 0.185 e. The van der Waals surface area contributed by atoms with Crippen molar-refractivity contribution < 1.29 is 4.79 Å². The van der Waals surface area contributed by atoms with Gasteiger partial charge in [0.2, 0.25) is 0 Å². The van der Waals surface area contributed by atoms with Gasteiger partial charge in [-0.25, -0.2) is 0 Å². The lowest BCUT2D eigenvalue weighted by molar-refractivity contribution is -0.118. The Morgan fingerprint density at radius 1 is 1.64 bits per heavy atom. The SMILES string of the molecule is Cc1ccn(CC(=O)C(Cl)Cl)c(=N)c1. The second kappa shape index (κ2) is 4.62. The number of alkyl halides is 2. The van der Waals surface area contributed by atoms with Gasteiger partial charge in [0.25, 0.3) is 0 Å². The molecule has 0 aromatic carbocycles. The highest BCUT2D eigenvalue weighted by Crippen LogP contribution is 2.04. The van der Waals surface area contributed by atoms with Crippen LogP contribution in [0.5, 0.6) is 0 Å². The molecule has 0 aliphatic rings. The number of rotatable bonds is 3. The van der Waals surface area contributed by atoms with Crippen LogP contribution in [0.15, 0.2) is 18.3 Å². The largest absolute Gasteiger partial charge is 0.326 e. The Labute approximate surface area is 91.8 Å². The molecule has 1 rings (SSSR count). The molecule has 0 radical (unpaired) electrons. The van der Waals surface area contributed by atoms with E-state index >= 15 is 0 Å². The average Bonchev–Trinajstić information content (AvgIpc) is 2.09. The standard InChI is InChI=1S/C9H10Cl2N2O/c1-6-2-3-13(8(12)4-6)5-7(14)9(10)11/h2-4,9,12H,5H2,1H3. The van der Waals surface area contributed by atoms with Gasteiger partial charge in [0, 0.05) is 6.20 Å². The maximum atomic E-state index is 11.2. The second-order valence-electron chi connectivity index (χ2n) is 2.98. The van der Waals surface area contributed by atoms with Gasteiger partial charge >= 0.3 is 0 Å². The number of aryl methyl sites for hydroxylation is 1. The van der Waals surface area contributed by atoms with Gasteiger partial charge in [-0.15, -0.1) is 0 Å². The van der Waals surface area contributed by atoms with Crippen molar-refractivity contribution in [2.75, 3.05) is 0 Å². The van der Waals surface area contributed by atoms with Gasteiger partial charge in [0.15, 0.2) is 10.6 Å². The average molecular weight is 233 g/mol. The molecule has 1 aromatic heterocycles. The monoisotopic (exact) mass is 232 g/mol. The van der Waals surface area contributed by atoms with Crippen molar-refractivity contribution in [2.24, 2.45) is 0 Å². The molecule has 0 aliphatic heterocycles. The molecule has 1 N–H and O–H groups in total. The maximum Gasteiger partial charge on any atom is 0.185 e.